The second kappa shape index (κ2) is 5.27. The third kappa shape index (κ3) is 2.57. The first-order valence-electron chi connectivity index (χ1n) is 5.07. The largest absolute Gasteiger partial charge is 0.479 e. The van der Waals surface area contributed by atoms with Crippen molar-refractivity contribution in [1.82, 2.24) is 9.97 Å². The van der Waals surface area contributed by atoms with E-state index in [0.29, 0.717) is 0 Å². The summed E-state index contributed by atoms with van der Waals surface area (Å²) in [6.45, 7) is 0. The fourth-order valence-corrected chi connectivity index (χ4v) is 1.31. The predicted molar refractivity (Wildman–Crippen MR) is 59.7 cm³/mol. The summed E-state index contributed by atoms with van der Waals surface area (Å²) in [6.07, 6.45) is 1.03. The molecule has 96 valence electrons. The summed E-state index contributed by atoms with van der Waals surface area (Å²) in [5, 5.41) is 8.60. The first-order chi connectivity index (χ1) is 9.15. The zero-order valence-electron chi connectivity index (χ0n) is 9.72. The maximum Gasteiger partial charge on any atom is 0.263 e. The molecule has 0 fully saturated rings. The van der Waals surface area contributed by atoms with Crippen molar-refractivity contribution in [2.24, 2.45) is 0 Å². The second-order valence-electron chi connectivity index (χ2n) is 3.36. The van der Waals surface area contributed by atoms with Crippen LogP contribution in [0, 0.1) is 23.0 Å². The number of aromatic nitrogens is 2. The first kappa shape index (κ1) is 12.7. The molecule has 0 saturated carbocycles. The van der Waals surface area contributed by atoms with Crippen LogP contribution in [0.25, 0.3) is 0 Å². The van der Waals surface area contributed by atoms with E-state index in [9.17, 15) is 8.78 Å². The van der Waals surface area contributed by atoms with Crippen LogP contribution >= 0.6 is 0 Å². The fraction of sp³-hybridized carbons (Fsp3) is 0.0833. The van der Waals surface area contributed by atoms with E-state index >= 15 is 0 Å². The Morgan fingerprint density at radius 2 is 1.95 bits per heavy atom. The van der Waals surface area contributed by atoms with Gasteiger partial charge in [0, 0.05) is 0 Å². The number of benzene rings is 1. The maximum atomic E-state index is 13.7. The fourth-order valence-electron chi connectivity index (χ4n) is 1.31. The Kier molecular flexibility index (Phi) is 3.52. The van der Waals surface area contributed by atoms with E-state index in [1.165, 1.54) is 19.2 Å². The quantitative estimate of drug-likeness (QED) is 0.850. The standard InChI is InChI=1S/C12H7F2N3O2/c1-18-11-10(14)12(17-6-16-11)19-9-3-2-7(5-15)4-8(9)13/h2-4,6H,1H3. The minimum absolute atomic E-state index is 0.130. The van der Waals surface area contributed by atoms with Crippen LogP contribution in [0.2, 0.25) is 0 Å². The lowest BCUT2D eigenvalue weighted by atomic mass is 10.2. The first-order valence-corrected chi connectivity index (χ1v) is 5.07. The summed E-state index contributed by atoms with van der Waals surface area (Å²) in [7, 11) is 1.23. The van der Waals surface area contributed by atoms with Gasteiger partial charge in [0.25, 0.3) is 11.8 Å². The number of hydrogen-bond acceptors (Lipinski definition) is 5. The van der Waals surface area contributed by atoms with Crippen molar-refractivity contribution >= 4 is 0 Å². The van der Waals surface area contributed by atoms with E-state index in [0.717, 1.165) is 12.4 Å². The molecule has 0 bridgehead atoms. The van der Waals surface area contributed by atoms with Crippen molar-refractivity contribution in [2.75, 3.05) is 7.11 Å². The summed E-state index contributed by atoms with van der Waals surface area (Å²) >= 11 is 0. The lowest BCUT2D eigenvalue weighted by molar-refractivity contribution is 0.340. The summed E-state index contributed by atoms with van der Waals surface area (Å²) in [4.78, 5) is 7.07. The summed E-state index contributed by atoms with van der Waals surface area (Å²) in [5.74, 6) is -2.75. The highest BCUT2D eigenvalue weighted by Gasteiger charge is 2.15. The molecule has 2 rings (SSSR count). The number of ether oxygens (including phenoxy) is 2. The minimum atomic E-state index is -0.936. The van der Waals surface area contributed by atoms with Crippen LogP contribution in [-0.2, 0) is 0 Å². The second-order valence-corrected chi connectivity index (χ2v) is 3.36. The molecule has 19 heavy (non-hydrogen) atoms. The summed E-state index contributed by atoms with van der Waals surface area (Å²) in [5.41, 5.74) is 0.130. The molecule has 0 amide bonds. The Morgan fingerprint density at radius 1 is 1.21 bits per heavy atom. The van der Waals surface area contributed by atoms with Gasteiger partial charge in [-0.3, -0.25) is 0 Å². The normalized spacial score (nSPS) is 9.79. The zero-order chi connectivity index (χ0) is 13.8. The van der Waals surface area contributed by atoms with E-state index in [-0.39, 0.29) is 17.2 Å². The van der Waals surface area contributed by atoms with Gasteiger partial charge in [0.1, 0.15) is 6.33 Å². The van der Waals surface area contributed by atoms with Crippen LogP contribution < -0.4 is 9.47 Å². The van der Waals surface area contributed by atoms with Crippen LogP contribution in [0.3, 0.4) is 0 Å². The van der Waals surface area contributed by atoms with Crippen molar-refractivity contribution < 1.29 is 18.3 Å². The van der Waals surface area contributed by atoms with Gasteiger partial charge < -0.3 is 9.47 Å². The number of halogens is 2. The van der Waals surface area contributed by atoms with Crippen molar-refractivity contribution in [3.8, 4) is 23.6 Å². The molecule has 0 aliphatic rings. The Labute approximate surface area is 107 Å². The average molecular weight is 263 g/mol. The van der Waals surface area contributed by atoms with Crippen LogP contribution in [0.4, 0.5) is 8.78 Å². The number of nitrogens with zero attached hydrogens (tertiary/aromatic N) is 3. The van der Waals surface area contributed by atoms with Gasteiger partial charge in [0.05, 0.1) is 18.7 Å². The van der Waals surface area contributed by atoms with Crippen LogP contribution in [0.1, 0.15) is 5.56 Å². The highest BCUT2D eigenvalue weighted by atomic mass is 19.1. The van der Waals surface area contributed by atoms with Gasteiger partial charge in [-0.25, -0.2) is 4.39 Å². The van der Waals surface area contributed by atoms with Crippen molar-refractivity contribution in [1.29, 1.82) is 5.26 Å². The van der Waals surface area contributed by atoms with E-state index in [4.69, 9.17) is 10.00 Å². The molecule has 0 N–H and O–H groups in total. The molecule has 0 spiro atoms. The van der Waals surface area contributed by atoms with Crippen LogP contribution in [0.5, 0.6) is 17.5 Å². The third-order valence-corrected chi connectivity index (χ3v) is 2.19. The molecular weight excluding hydrogens is 256 g/mol. The van der Waals surface area contributed by atoms with Gasteiger partial charge in [-0.05, 0) is 18.2 Å². The monoisotopic (exact) mass is 263 g/mol. The Balaban J connectivity index is 2.34. The minimum Gasteiger partial charge on any atom is -0.479 e. The maximum absolute atomic E-state index is 13.7. The molecule has 1 heterocycles. The van der Waals surface area contributed by atoms with Crippen molar-refractivity contribution in [3.05, 3.63) is 41.7 Å². The summed E-state index contributed by atoms with van der Waals surface area (Å²) in [6, 6.07) is 5.30. The molecule has 7 heteroatoms. The van der Waals surface area contributed by atoms with Gasteiger partial charge in [0.15, 0.2) is 11.6 Å². The van der Waals surface area contributed by atoms with Crippen molar-refractivity contribution in [2.45, 2.75) is 0 Å². The van der Waals surface area contributed by atoms with Gasteiger partial charge >= 0.3 is 0 Å². The molecule has 2 aromatic rings. The number of nitriles is 1. The molecule has 0 radical (unpaired) electrons. The Bertz CT molecular complexity index is 656. The van der Waals surface area contributed by atoms with Gasteiger partial charge in [-0.2, -0.15) is 19.6 Å². The number of hydrogen-bond donors (Lipinski definition) is 0. The molecule has 1 aromatic heterocycles. The lowest BCUT2D eigenvalue weighted by Crippen LogP contribution is -1.99. The molecule has 5 nitrogen and oxygen atoms in total. The summed E-state index contributed by atoms with van der Waals surface area (Å²) < 4.78 is 36.9. The predicted octanol–water partition coefficient (Wildman–Crippen LogP) is 2.43. The molecule has 0 unspecified atom stereocenters. The molecular formula is C12H7F2N3O2. The Morgan fingerprint density at radius 3 is 2.58 bits per heavy atom. The molecule has 0 aliphatic carbocycles. The van der Waals surface area contributed by atoms with Gasteiger partial charge in [-0.15, -0.1) is 0 Å². The third-order valence-electron chi connectivity index (χ3n) is 2.19. The molecule has 0 atom stereocenters. The average Bonchev–Trinajstić information content (AvgIpc) is 2.43. The highest BCUT2D eigenvalue weighted by Crippen LogP contribution is 2.28. The van der Waals surface area contributed by atoms with E-state index in [1.807, 2.05) is 0 Å². The van der Waals surface area contributed by atoms with Crippen LogP contribution in [0.15, 0.2) is 24.5 Å². The number of rotatable bonds is 3. The Hall–Kier alpha value is -2.75. The topological polar surface area (TPSA) is 68.0 Å². The molecule has 0 aliphatic heterocycles. The zero-order valence-corrected chi connectivity index (χ0v) is 9.72. The van der Waals surface area contributed by atoms with E-state index < -0.39 is 17.5 Å². The SMILES string of the molecule is COc1ncnc(Oc2ccc(C#N)cc2F)c1F. The smallest absolute Gasteiger partial charge is 0.263 e. The van der Waals surface area contributed by atoms with E-state index in [2.05, 4.69) is 14.7 Å². The number of methoxy groups -OCH3 is 1. The van der Waals surface area contributed by atoms with E-state index in [1.54, 1.807) is 6.07 Å². The van der Waals surface area contributed by atoms with Gasteiger partial charge in [-0.1, -0.05) is 0 Å². The molecule has 1 aromatic carbocycles. The van der Waals surface area contributed by atoms with Gasteiger partial charge in [0.2, 0.25) is 5.82 Å². The van der Waals surface area contributed by atoms with Crippen molar-refractivity contribution in [3.63, 3.8) is 0 Å². The lowest BCUT2D eigenvalue weighted by Gasteiger charge is -2.07. The highest BCUT2D eigenvalue weighted by molar-refractivity contribution is 5.38. The molecule has 0 saturated heterocycles. The van der Waals surface area contributed by atoms with Crippen LogP contribution in [-0.4, -0.2) is 17.1 Å².